The van der Waals surface area contributed by atoms with Crippen LogP contribution in [0.2, 0.25) is 0 Å². The van der Waals surface area contributed by atoms with Crippen molar-refractivity contribution in [3.8, 4) is 0 Å². The van der Waals surface area contributed by atoms with Crippen LogP contribution in [0.3, 0.4) is 0 Å². The summed E-state index contributed by atoms with van der Waals surface area (Å²) in [7, 11) is -2.90. The van der Waals surface area contributed by atoms with Gasteiger partial charge in [-0.05, 0) is 44.4 Å². The van der Waals surface area contributed by atoms with Crippen molar-refractivity contribution in [2.75, 3.05) is 36.5 Å². The highest BCUT2D eigenvalue weighted by Crippen LogP contribution is 2.23. The maximum absolute atomic E-state index is 12.0. The first-order chi connectivity index (χ1) is 13.4. The van der Waals surface area contributed by atoms with Gasteiger partial charge in [-0.25, -0.2) is 13.4 Å². The summed E-state index contributed by atoms with van der Waals surface area (Å²) in [5.41, 5.74) is 1.24. The second-order valence-corrected chi connectivity index (χ2v) is 10.0. The molecule has 0 aromatic carbocycles. The third kappa shape index (κ3) is 4.21. The summed E-state index contributed by atoms with van der Waals surface area (Å²) in [6.45, 7) is 3.78. The van der Waals surface area contributed by atoms with E-state index in [2.05, 4.69) is 20.6 Å². The predicted octanol–water partition coefficient (Wildman–Crippen LogP) is 0.825. The zero-order valence-electron chi connectivity index (χ0n) is 15.9. The molecule has 2 fully saturated rings. The molecule has 9 heteroatoms. The molecule has 28 heavy (non-hydrogen) atoms. The lowest BCUT2D eigenvalue weighted by Crippen LogP contribution is -2.49. The third-order valence-corrected chi connectivity index (χ3v) is 7.41. The van der Waals surface area contributed by atoms with Crippen LogP contribution in [-0.4, -0.2) is 61.7 Å². The summed E-state index contributed by atoms with van der Waals surface area (Å²) in [6.07, 6.45) is 3.16. The molecule has 2 aromatic heterocycles. The molecule has 0 saturated carbocycles. The summed E-state index contributed by atoms with van der Waals surface area (Å²) in [5, 5.41) is 7.71. The van der Waals surface area contributed by atoms with E-state index in [1.165, 1.54) is 0 Å². The van der Waals surface area contributed by atoms with Gasteiger partial charge in [-0.1, -0.05) is 0 Å². The van der Waals surface area contributed by atoms with Crippen molar-refractivity contribution in [2.24, 2.45) is 5.92 Å². The van der Waals surface area contributed by atoms with E-state index in [1.54, 1.807) is 13.1 Å². The first kappa shape index (κ1) is 19.4. The van der Waals surface area contributed by atoms with E-state index in [1.807, 2.05) is 12.1 Å². The smallest absolute Gasteiger partial charge is 0.251 e. The van der Waals surface area contributed by atoms with Gasteiger partial charge in [0.15, 0.2) is 15.7 Å². The molecule has 0 amide bonds. The first-order valence-corrected chi connectivity index (χ1v) is 11.5. The zero-order chi connectivity index (χ0) is 19.7. The van der Waals surface area contributed by atoms with Crippen molar-refractivity contribution < 1.29 is 13.2 Å². The van der Waals surface area contributed by atoms with Crippen LogP contribution in [0.5, 0.6) is 0 Å². The van der Waals surface area contributed by atoms with E-state index in [9.17, 15) is 13.2 Å². The largest absolute Gasteiger partial charge is 0.374 e. The van der Waals surface area contributed by atoms with E-state index >= 15 is 0 Å². The zero-order valence-corrected chi connectivity index (χ0v) is 16.7. The fraction of sp³-hybridized carbons (Fsp3) is 0.579. The Kier molecular flexibility index (Phi) is 5.39. The minimum absolute atomic E-state index is 0.0298. The SMILES string of the molecule is Cc1cc2ccnc(N[C@@H]3CCNC[C@H]3OC[C@@H]3CCS(=O)(=O)C3)c2[nH]c1=O. The number of hydrogen-bond acceptors (Lipinski definition) is 7. The van der Waals surface area contributed by atoms with Crippen LogP contribution >= 0.6 is 0 Å². The molecule has 4 heterocycles. The number of aryl methyl sites for hydroxylation is 1. The number of nitrogens with zero attached hydrogens (tertiary/aromatic N) is 1. The second kappa shape index (κ2) is 7.81. The van der Waals surface area contributed by atoms with E-state index in [-0.39, 0.29) is 35.1 Å². The lowest BCUT2D eigenvalue weighted by molar-refractivity contribution is 0.0125. The number of sulfone groups is 1. The van der Waals surface area contributed by atoms with Gasteiger partial charge >= 0.3 is 0 Å². The fourth-order valence-corrected chi connectivity index (χ4v) is 5.80. The lowest BCUT2D eigenvalue weighted by atomic mass is 10.0. The van der Waals surface area contributed by atoms with Crippen LogP contribution < -0.4 is 16.2 Å². The van der Waals surface area contributed by atoms with E-state index in [0.29, 0.717) is 36.5 Å². The number of aromatic nitrogens is 2. The van der Waals surface area contributed by atoms with Crippen molar-refractivity contribution in [1.29, 1.82) is 0 Å². The van der Waals surface area contributed by atoms with E-state index in [4.69, 9.17) is 4.74 Å². The molecular formula is C19H26N4O4S. The molecule has 0 unspecified atom stereocenters. The maximum Gasteiger partial charge on any atom is 0.251 e. The average Bonchev–Trinajstić information content (AvgIpc) is 3.01. The number of anilines is 1. The van der Waals surface area contributed by atoms with Gasteiger partial charge in [-0.15, -0.1) is 0 Å². The van der Waals surface area contributed by atoms with E-state index in [0.717, 1.165) is 18.4 Å². The molecule has 3 N–H and O–H groups in total. The Hall–Kier alpha value is -1.97. The summed E-state index contributed by atoms with van der Waals surface area (Å²) in [6, 6.07) is 3.76. The van der Waals surface area contributed by atoms with Gasteiger partial charge in [0, 0.05) is 23.7 Å². The van der Waals surface area contributed by atoms with Crippen LogP contribution in [0.25, 0.3) is 10.9 Å². The van der Waals surface area contributed by atoms with E-state index < -0.39 is 9.84 Å². The average molecular weight is 407 g/mol. The van der Waals surface area contributed by atoms with Gasteiger partial charge in [-0.3, -0.25) is 4.79 Å². The highest BCUT2D eigenvalue weighted by Gasteiger charge is 2.31. The van der Waals surface area contributed by atoms with Gasteiger partial charge in [0.05, 0.1) is 35.8 Å². The molecule has 2 aliphatic heterocycles. The molecule has 2 aliphatic rings. The summed E-state index contributed by atoms with van der Waals surface area (Å²) >= 11 is 0. The summed E-state index contributed by atoms with van der Waals surface area (Å²) in [5.74, 6) is 1.19. The first-order valence-electron chi connectivity index (χ1n) is 9.69. The van der Waals surface area contributed by atoms with Crippen LogP contribution in [0.1, 0.15) is 18.4 Å². The Balaban J connectivity index is 1.49. The Morgan fingerprint density at radius 3 is 3.00 bits per heavy atom. The number of rotatable bonds is 5. The number of H-pyrrole nitrogens is 1. The van der Waals surface area contributed by atoms with Crippen molar-refractivity contribution in [3.63, 3.8) is 0 Å². The number of hydrogen-bond donors (Lipinski definition) is 3. The molecule has 0 radical (unpaired) electrons. The normalized spacial score (nSPS) is 27.1. The van der Waals surface area contributed by atoms with Gasteiger partial charge in [-0.2, -0.15) is 0 Å². The standard InChI is InChI=1S/C19H26N4O4S/c1-12-8-14-2-6-21-18(17(14)23-19(12)24)22-15-3-5-20-9-16(15)27-10-13-4-7-28(25,26)11-13/h2,6,8,13,15-16,20H,3-5,7,9-11H2,1H3,(H,21,22)(H,23,24)/t13-,15+,16+/m0/s1. The Bertz CT molecular complexity index is 1020. The molecular weight excluding hydrogens is 380 g/mol. The molecule has 2 saturated heterocycles. The number of fused-ring (bicyclic) bond motifs is 1. The Morgan fingerprint density at radius 1 is 1.36 bits per heavy atom. The Labute approximate surface area is 164 Å². The highest BCUT2D eigenvalue weighted by atomic mass is 32.2. The van der Waals surface area contributed by atoms with Crippen molar-refractivity contribution in [1.82, 2.24) is 15.3 Å². The number of piperidine rings is 1. The van der Waals surface area contributed by atoms with Crippen LogP contribution in [-0.2, 0) is 14.6 Å². The molecule has 0 aliphatic carbocycles. The second-order valence-electron chi connectivity index (χ2n) is 7.79. The van der Waals surface area contributed by atoms with Gasteiger partial charge in [0.25, 0.3) is 5.56 Å². The molecule has 3 atom stereocenters. The van der Waals surface area contributed by atoms with Crippen molar-refractivity contribution in [3.05, 3.63) is 34.2 Å². The Morgan fingerprint density at radius 2 is 2.21 bits per heavy atom. The maximum atomic E-state index is 12.0. The van der Waals surface area contributed by atoms with Crippen LogP contribution in [0.4, 0.5) is 5.82 Å². The summed E-state index contributed by atoms with van der Waals surface area (Å²) in [4.78, 5) is 19.4. The topological polar surface area (TPSA) is 113 Å². The third-order valence-electron chi connectivity index (χ3n) is 5.57. The molecule has 0 spiro atoms. The number of aromatic amines is 1. The number of nitrogens with one attached hydrogen (secondary N) is 3. The fourth-order valence-electron chi connectivity index (χ4n) is 3.96. The molecule has 152 valence electrons. The molecule has 0 bridgehead atoms. The number of pyridine rings is 2. The van der Waals surface area contributed by atoms with Gasteiger partial charge < -0.3 is 20.4 Å². The van der Waals surface area contributed by atoms with Crippen molar-refractivity contribution in [2.45, 2.75) is 31.9 Å². The number of ether oxygens (including phenoxy) is 1. The van der Waals surface area contributed by atoms with Crippen LogP contribution in [0.15, 0.2) is 23.1 Å². The summed E-state index contributed by atoms with van der Waals surface area (Å²) < 4.78 is 29.4. The predicted molar refractivity (Wildman–Crippen MR) is 108 cm³/mol. The molecule has 4 rings (SSSR count). The highest BCUT2D eigenvalue weighted by molar-refractivity contribution is 7.91. The van der Waals surface area contributed by atoms with Crippen molar-refractivity contribution >= 4 is 26.6 Å². The lowest BCUT2D eigenvalue weighted by Gasteiger charge is -2.33. The minimum Gasteiger partial charge on any atom is -0.374 e. The quantitative estimate of drug-likeness (QED) is 0.674. The minimum atomic E-state index is -2.90. The van der Waals surface area contributed by atoms with Crippen LogP contribution in [0, 0.1) is 12.8 Å². The molecule has 8 nitrogen and oxygen atoms in total. The monoisotopic (exact) mass is 406 g/mol. The van der Waals surface area contributed by atoms with Gasteiger partial charge in [0.1, 0.15) is 0 Å². The molecule has 2 aromatic rings. The van der Waals surface area contributed by atoms with Gasteiger partial charge in [0.2, 0.25) is 0 Å².